The molecule has 0 aromatic heterocycles. The van der Waals surface area contributed by atoms with Gasteiger partial charge in [-0.25, -0.2) is 0 Å². The molecule has 0 saturated carbocycles. The van der Waals surface area contributed by atoms with Crippen molar-refractivity contribution in [3.8, 4) is 5.75 Å². The summed E-state index contributed by atoms with van der Waals surface area (Å²) in [6, 6.07) is 16.4. The predicted octanol–water partition coefficient (Wildman–Crippen LogP) is 10.7. The third-order valence-electron chi connectivity index (χ3n) is 9.66. The maximum absolute atomic E-state index is 10.5. The van der Waals surface area contributed by atoms with Gasteiger partial charge in [-0.15, -0.1) is 0 Å². The van der Waals surface area contributed by atoms with Crippen LogP contribution in [-0.4, -0.2) is 35.1 Å². The van der Waals surface area contributed by atoms with Crippen LogP contribution in [0.25, 0.3) is 0 Å². The molecule has 3 N–H and O–H groups in total. The maximum Gasteiger partial charge on any atom is 0.136 e. The number of aliphatic hydroxyl groups is 3. The number of benzene rings is 2. The Balaban J connectivity index is 2.01. The van der Waals surface area contributed by atoms with Gasteiger partial charge in [0.1, 0.15) is 11.9 Å². The Bertz CT molecular complexity index is 961. The van der Waals surface area contributed by atoms with Gasteiger partial charge in [0, 0.05) is 0 Å². The quantitative estimate of drug-likeness (QED) is 0.0788. The van der Waals surface area contributed by atoms with Crippen molar-refractivity contribution in [3.63, 3.8) is 0 Å². The molecule has 2 aromatic rings. The van der Waals surface area contributed by atoms with Crippen molar-refractivity contribution in [3.05, 3.63) is 65.2 Å². The molecule has 1 unspecified atom stereocenters. The first-order valence-corrected chi connectivity index (χ1v) is 18.8. The second-order valence-electron chi connectivity index (χ2n) is 13.5. The van der Waals surface area contributed by atoms with Gasteiger partial charge in [-0.1, -0.05) is 172 Å². The van der Waals surface area contributed by atoms with Gasteiger partial charge in [0.05, 0.1) is 25.2 Å². The summed E-state index contributed by atoms with van der Waals surface area (Å²) in [6.45, 7) is 3.45. The van der Waals surface area contributed by atoms with Crippen LogP contribution in [0.5, 0.6) is 5.75 Å². The van der Waals surface area contributed by atoms with Crippen LogP contribution >= 0.6 is 0 Å². The van der Waals surface area contributed by atoms with E-state index in [-0.39, 0.29) is 19.8 Å². The number of aryl methyl sites for hydroxylation is 2. The van der Waals surface area contributed by atoms with E-state index in [1.807, 2.05) is 18.2 Å². The normalized spacial score (nSPS) is 12.5. The molecule has 0 heterocycles. The largest absolute Gasteiger partial charge is 0.485 e. The zero-order chi connectivity index (χ0) is 32.4. The standard InChI is InChI=1S/C41H68O4/c1-3-5-7-9-11-13-15-17-19-21-27-36-28-23-25-31-38(36)40(41(33-42,34-43)35-44)45-39-32-26-24-30-37(39)29-22-20-18-16-14-12-10-8-6-4-2/h23-26,28,30-32,40,42-44H,3-22,27,29,33-35H2,1-2H3. The average molecular weight is 625 g/mol. The fraction of sp³-hybridized carbons (Fsp3) is 0.707. The minimum Gasteiger partial charge on any atom is -0.485 e. The zero-order valence-electron chi connectivity index (χ0n) is 29.1. The summed E-state index contributed by atoms with van der Waals surface area (Å²) in [6.07, 6.45) is 27.2. The van der Waals surface area contributed by atoms with Crippen LogP contribution in [0, 0.1) is 5.41 Å². The van der Waals surface area contributed by atoms with Gasteiger partial charge in [-0.2, -0.15) is 0 Å². The van der Waals surface area contributed by atoms with E-state index >= 15 is 0 Å². The van der Waals surface area contributed by atoms with Crippen molar-refractivity contribution in [2.24, 2.45) is 5.41 Å². The summed E-state index contributed by atoms with van der Waals surface area (Å²) < 4.78 is 6.77. The molecule has 1 atom stereocenters. The molecule has 2 rings (SSSR count). The van der Waals surface area contributed by atoms with E-state index in [1.165, 1.54) is 121 Å². The van der Waals surface area contributed by atoms with E-state index in [0.717, 1.165) is 42.6 Å². The molecule has 0 aliphatic rings. The maximum atomic E-state index is 10.5. The van der Waals surface area contributed by atoms with Gasteiger partial charge < -0.3 is 20.1 Å². The lowest BCUT2D eigenvalue weighted by Gasteiger charge is -2.38. The fourth-order valence-corrected chi connectivity index (χ4v) is 6.49. The molecular weight excluding hydrogens is 556 g/mol. The fourth-order valence-electron chi connectivity index (χ4n) is 6.49. The zero-order valence-corrected chi connectivity index (χ0v) is 29.1. The van der Waals surface area contributed by atoms with Crippen LogP contribution < -0.4 is 4.74 Å². The van der Waals surface area contributed by atoms with Gasteiger partial charge in [-0.3, -0.25) is 0 Å². The summed E-state index contributed by atoms with van der Waals surface area (Å²) in [5.41, 5.74) is 2.09. The van der Waals surface area contributed by atoms with E-state index in [4.69, 9.17) is 4.74 Å². The number of unbranched alkanes of at least 4 members (excludes halogenated alkanes) is 18. The molecular formula is C41H68O4. The van der Waals surface area contributed by atoms with Gasteiger partial charge in [0.2, 0.25) is 0 Å². The lowest BCUT2D eigenvalue weighted by molar-refractivity contribution is -0.0747. The third-order valence-corrected chi connectivity index (χ3v) is 9.66. The third kappa shape index (κ3) is 15.0. The van der Waals surface area contributed by atoms with E-state index in [2.05, 4.69) is 44.2 Å². The molecule has 0 aliphatic heterocycles. The number of hydrogen-bond donors (Lipinski definition) is 3. The number of para-hydroxylation sites is 1. The van der Waals surface area contributed by atoms with E-state index in [0.29, 0.717) is 0 Å². The second-order valence-corrected chi connectivity index (χ2v) is 13.5. The lowest BCUT2D eigenvalue weighted by atomic mass is 9.78. The van der Waals surface area contributed by atoms with Crippen LogP contribution in [-0.2, 0) is 12.8 Å². The van der Waals surface area contributed by atoms with Gasteiger partial charge in [0.15, 0.2) is 0 Å². The Kier molecular flexibility index (Phi) is 22.0. The highest BCUT2D eigenvalue weighted by molar-refractivity contribution is 5.37. The molecule has 2 aromatic carbocycles. The SMILES string of the molecule is CCCCCCCCCCCCc1ccccc1OC(c1ccccc1CCCCCCCCCCCC)C(CO)(CO)CO. The van der Waals surface area contributed by atoms with E-state index in [1.54, 1.807) is 0 Å². The van der Waals surface area contributed by atoms with Crippen molar-refractivity contribution >= 4 is 0 Å². The van der Waals surface area contributed by atoms with Crippen LogP contribution in [0.2, 0.25) is 0 Å². The molecule has 0 radical (unpaired) electrons. The Morgan fingerprint density at radius 2 is 0.867 bits per heavy atom. The topological polar surface area (TPSA) is 69.9 Å². The minimum absolute atomic E-state index is 0.363. The Hall–Kier alpha value is -1.88. The highest BCUT2D eigenvalue weighted by Crippen LogP contribution is 2.40. The first kappa shape index (κ1) is 39.3. The van der Waals surface area contributed by atoms with Crippen molar-refractivity contribution in [1.29, 1.82) is 0 Å². The summed E-state index contributed by atoms with van der Waals surface area (Å²) in [5.74, 6) is 0.784. The summed E-state index contributed by atoms with van der Waals surface area (Å²) >= 11 is 0. The van der Waals surface area contributed by atoms with Crippen molar-refractivity contribution < 1.29 is 20.1 Å². The summed E-state index contributed by atoms with van der Waals surface area (Å²) in [7, 11) is 0. The molecule has 0 saturated heterocycles. The predicted molar refractivity (Wildman–Crippen MR) is 191 cm³/mol. The van der Waals surface area contributed by atoms with E-state index < -0.39 is 11.5 Å². The highest BCUT2D eigenvalue weighted by Gasteiger charge is 2.42. The molecule has 4 nitrogen and oxygen atoms in total. The first-order chi connectivity index (χ1) is 22.2. The molecule has 0 aliphatic carbocycles. The summed E-state index contributed by atoms with van der Waals surface area (Å²) in [5, 5.41) is 31.5. The van der Waals surface area contributed by atoms with Gasteiger partial charge in [-0.05, 0) is 48.4 Å². The average Bonchev–Trinajstić information content (AvgIpc) is 3.07. The van der Waals surface area contributed by atoms with Crippen molar-refractivity contribution in [2.75, 3.05) is 19.8 Å². The number of ether oxygens (including phenoxy) is 1. The van der Waals surface area contributed by atoms with Crippen molar-refractivity contribution in [2.45, 2.75) is 161 Å². The molecule has 0 amide bonds. The lowest BCUT2D eigenvalue weighted by Crippen LogP contribution is -2.43. The number of hydrogen-bond acceptors (Lipinski definition) is 4. The van der Waals surface area contributed by atoms with Crippen LogP contribution in [0.3, 0.4) is 0 Å². The van der Waals surface area contributed by atoms with Crippen LogP contribution in [0.4, 0.5) is 0 Å². The smallest absolute Gasteiger partial charge is 0.136 e. The number of rotatable bonds is 29. The number of aliphatic hydroxyl groups excluding tert-OH is 3. The molecule has 0 spiro atoms. The second kappa shape index (κ2) is 25.2. The molecule has 0 fully saturated rings. The minimum atomic E-state index is -1.20. The monoisotopic (exact) mass is 625 g/mol. The van der Waals surface area contributed by atoms with E-state index in [9.17, 15) is 15.3 Å². The molecule has 4 heteroatoms. The Morgan fingerprint density at radius 3 is 1.33 bits per heavy atom. The van der Waals surface area contributed by atoms with Crippen molar-refractivity contribution in [1.82, 2.24) is 0 Å². The highest BCUT2D eigenvalue weighted by atomic mass is 16.5. The van der Waals surface area contributed by atoms with Crippen LogP contribution in [0.1, 0.15) is 165 Å². The van der Waals surface area contributed by atoms with Crippen LogP contribution in [0.15, 0.2) is 48.5 Å². The summed E-state index contributed by atoms with van der Waals surface area (Å²) in [4.78, 5) is 0. The Morgan fingerprint density at radius 1 is 0.489 bits per heavy atom. The Labute approximate surface area is 277 Å². The molecule has 256 valence electrons. The van der Waals surface area contributed by atoms with Gasteiger partial charge in [0.25, 0.3) is 0 Å². The molecule has 0 bridgehead atoms. The molecule has 45 heavy (non-hydrogen) atoms. The first-order valence-electron chi connectivity index (χ1n) is 18.8. The van der Waals surface area contributed by atoms with Gasteiger partial charge >= 0.3 is 0 Å².